The van der Waals surface area contributed by atoms with Crippen molar-refractivity contribution in [2.24, 2.45) is 4.99 Å². The molecule has 1 nitrogen and oxygen atoms in total. The van der Waals surface area contributed by atoms with Gasteiger partial charge in [-0.3, -0.25) is 4.99 Å². The molecule has 2 atom stereocenters. The maximum Gasteiger partial charge on any atom is 0.398 e. The van der Waals surface area contributed by atoms with Gasteiger partial charge < -0.3 is 0 Å². The SMILES string of the molecule is [B]C(=Nc1cc(SCC(F)(F)F)c(C)cc1F)C1(Cl)CC1F. The number of aliphatic imine (C=N–C) groups is 1. The van der Waals surface area contributed by atoms with Crippen LogP contribution in [0.5, 0.6) is 0 Å². The van der Waals surface area contributed by atoms with Gasteiger partial charge in [-0.05, 0) is 30.2 Å². The summed E-state index contributed by atoms with van der Waals surface area (Å²) in [5.41, 5.74) is -0.192. The van der Waals surface area contributed by atoms with E-state index in [0.717, 1.165) is 12.1 Å². The largest absolute Gasteiger partial charge is 0.398 e. The lowest BCUT2D eigenvalue weighted by Gasteiger charge is -2.11. The van der Waals surface area contributed by atoms with Crippen LogP contribution in [0.2, 0.25) is 0 Å². The number of alkyl halides is 5. The predicted octanol–water partition coefficient (Wildman–Crippen LogP) is 4.71. The molecular formula is C13H10BClF5NS. The van der Waals surface area contributed by atoms with Gasteiger partial charge in [-0.25, -0.2) is 8.78 Å². The van der Waals surface area contributed by atoms with Gasteiger partial charge in [0, 0.05) is 11.3 Å². The topological polar surface area (TPSA) is 12.4 Å². The summed E-state index contributed by atoms with van der Waals surface area (Å²) in [6.07, 6.45) is -5.72. The first-order chi connectivity index (χ1) is 10.0. The Kier molecular flexibility index (Phi) is 4.83. The Morgan fingerprint density at radius 1 is 1.50 bits per heavy atom. The first-order valence-corrected chi connectivity index (χ1v) is 7.56. The lowest BCUT2D eigenvalue weighted by Crippen LogP contribution is -2.19. The van der Waals surface area contributed by atoms with Crippen LogP contribution in [0.4, 0.5) is 27.6 Å². The number of halogens is 6. The number of thioether (sulfide) groups is 1. The fourth-order valence-corrected chi connectivity index (χ4v) is 2.71. The summed E-state index contributed by atoms with van der Waals surface area (Å²) in [6, 6.07) is 2.22. The molecule has 2 radical (unpaired) electrons. The second kappa shape index (κ2) is 6.04. The lowest BCUT2D eigenvalue weighted by atomic mass is 9.95. The molecule has 1 aliphatic rings. The molecule has 0 spiro atoms. The van der Waals surface area contributed by atoms with Crippen LogP contribution in [0.1, 0.15) is 12.0 Å². The van der Waals surface area contributed by atoms with Gasteiger partial charge >= 0.3 is 6.18 Å². The highest BCUT2D eigenvalue weighted by Gasteiger charge is 2.56. The highest BCUT2D eigenvalue weighted by molar-refractivity contribution is 7.99. The molecular weight excluding hydrogens is 343 g/mol. The van der Waals surface area contributed by atoms with Crippen LogP contribution in [0.3, 0.4) is 0 Å². The number of rotatable bonds is 4. The predicted molar refractivity (Wildman–Crippen MR) is 78.9 cm³/mol. The average Bonchev–Trinajstić information content (AvgIpc) is 2.99. The fraction of sp³-hybridized carbons (Fsp3) is 0.462. The number of aryl methyl sites for hydroxylation is 1. The molecule has 0 N–H and O–H groups in total. The molecule has 0 heterocycles. The van der Waals surface area contributed by atoms with Gasteiger partial charge in [0.2, 0.25) is 0 Å². The summed E-state index contributed by atoms with van der Waals surface area (Å²) in [5.74, 6) is -1.86. The summed E-state index contributed by atoms with van der Waals surface area (Å²) in [4.78, 5) is 2.53. The minimum atomic E-state index is -4.34. The van der Waals surface area contributed by atoms with Crippen molar-refractivity contribution in [2.75, 3.05) is 5.75 Å². The van der Waals surface area contributed by atoms with Crippen molar-refractivity contribution < 1.29 is 22.0 Å². The standard InChI is InChI=1S/C13H10BClF5NS/c1-6-2-7(16)8(3-9(6)22-5-13(18,19)20)21-11(14)12(15)4-10(12)17/h2-3,10H,4-5H2,1H3. The number of hydrogen-bond acceptors (Lipinski definition) is 2. The normalized spacial score (nSPS) is 25.4. The van der Waals surface area contributed by atoms with Crippen LogP contribution in [-0.4, -0.2) is 36.4 Å². The molecule has 22 heavy (non-hydrogen) atoms. The maximum atomic E-state index is 13.8. The van der Waals surface area contributed by atoms with E-state index >= 15 is 0 Å². The van der Waals surface area contributed by atoms with E-state index in [9.17, 15) is 22.0 Å². The van der Waals surface area contributed by atoms with Crippen molar-refractivity contribution in [1.29, 1.82) is 0 Å². The highest BCUT2D eigenvalue weighted by Crippen LogP contribution is 2.47. The van der Waals surface area contributed by atoms with Crippen molar-refractivity contribution in [3.63, 3.8) is 0 Å². The van der Waals surface area contributed by atoms with E-state index in [1.807, 2.05) is 0 Å². The minimum Gasteiger partial charge on any atom is -0.264 e. The van der Waals surface area contributed by atoms with Crippen molar-refractivity contribution in [2.45, 2.75) is 35.5 Å². The Morgan fingerprint density at radius 3 is 2.59 bits per heavy atom. The van der Waals surface area contributed by atoms with Crippen LogP contribution in [0, 0.1) is 12.7 Å². The summed E-state index contributed by atoms with van der Waals surface area (Å²) in [5, 5.41) is 0. The molecule has 1 aromatic rings. The quantitative estimate of drug-likeness (QED) is 0.251. The van der Waals surface area contributed by atoms with E-state index < -0.39 is 28.8 Å². The zero-order valence-corrected chi connectivity index (χ0v) is 12.9. The Balaban J connectivity index is 2.27. The molecule has 0 aromatic heterocycles. The minimum absolute atomic E-state index is 0.0208. The highest BCUT2D eigenvalue weighted by atomic mass is 35.5. The first kappa shape index (κ1) is 17.6. The van der Waals surface area contributed by atoms with Gasteiger partial charge in [0.05, 0.1) is 11.4 Å². The van der Waals surface area contributed by atoms with E-state index in [2.05, 4.69) is 4.99 Å². The van der Waals surface area contributed by atoms with Gasteiger partial charge in [-0.15, -0.1) is 23.4 Å². The molecule has 0 saturated heterocycles. The summed E-state index contributed by atoms with van der Waals surface area (Å²) in [6.45, 7) is 1.49. The van der Waals surface area contributed by atoms with Crippen molar-refractivity contribution in [3.8, 4) is 0 Å². The molecule has 1 saturated carbocycles. The van der Waals surface area contributed by atoms with E-state index in [0.29, 0.717) is 17.3 Å². The first-order valence-electron chi connectivity index (χ1n) is 6.20. The van der Waals surface area contributed by atoms with Gasteiger partial charge in [0.25, 0.3) is 0 Å². The third kappa shape index (κ3) is 3.96. The molecule has 2 unspecified atom stereocenters. The van der Waals surface area contributed by atoms with Crippen LogP contribution in [0.15, 0.2) is 22.0 Å². The number of benzene rings is 1. The van der Waals surface area contributed by atoms with Crippen LogP contribution in [0.25, 0.3) is 0 Å². The fourth-order valence-electron chi connectivity index (χ4n) is 1.73. The molecule has 9 heteroatoms. The van der Waals surface area contributed by atoms with Gasteiger partial charge in [0.1, 0.15) is 24.7 Å². The maximum absolute atomic E-state index is 13.8. The van der Waals surface area contributed by atoms with E-state index in [1.54, 1.807) is 0 Å². The summed E-state index contributed by atoms with van der Waals surface area (Å²) < 4.78 is 63.7. The smallest absolute Gasteiger partial charge is 0.264 e. The van der Waals surface area contributed by atoms with Crippen molar-refractivity contribution in [3.05, 3.63) is 23.5 Å². The van der Waals surface area contributed by atoms with Crippen molar-refractivity contribution in [1.82, 2.24) is 0 Å². The second-order valence-electron chi connectivity index (χ2n) is 5.00. The van der Waals surface area contributed by atoms with E-state index in [-0.39, 0.29) is 22.6 Å². The molecule has 2 rings (SSSR count). The van der Waals surface area contributed by atoms with Crippen LogP contribution < -0.4 is 0 Å². The Morgan fingerprint density at radius 2 is 2.09 bits per heavy atom. The molecule has 1 fully saturated rings. The number of nitrogens with zero attached hydrogens (tertiary/aromatic N) is 1. The van der Waals surface area contributed by atoms with E-state index in [1.165, 1.54) is 6.92 Å². The molecule has 0 bridgehead atoms. The van der Waals surface area contributed by atoms with E-state index in [4.69, 9.17) is 19.4 Å². The van der Waals surface area contributed by atoms with Crippen LogP contribution >= 0.6 is 23.4 Å². The van der Waals surface area contributed by atoms with Crippen LogP contribution in [-0.2, 0) is 0 Å². The van der Waals surface area contributed by atoms with Gasteiger partial charge in [-0.2, -0.15) is 13.2 Å². The second-order valence-corrected chi connectivity index (χ2v) is 6.70. The molecule has 0 aliphatic heterocycles. The zero-order chi connectivity index (χ0) is 16.7. The van der Waals surface area contributed by atoms with Gasteiger partial charge in [-0.1, -0.05) is 0 Å². The Bertz CT molecular complexity index is 621. The van der Waals surface area contributed by atoms with Gasteiger partial charge in [0.15, 0.2) is 0 Å². The molecule has 1 aliphatic carbocycles. The zero-order valence-electron chi connectivity index (χ0n) is 11.3. The number of hydrogen-bond donors (Lipinski definition) is 0. The van der Waals surface area contributed by atoms with Crippen molar-refractivity contribution >= 4 is 42.5 Å². The molecule has 1 aromatic carbocycles. The monoisotopic (exact) mass is 353 g/mol. The lowest BCUT2D eigenvalue weighted by molar-refractivity contribution is -0.105. The molecule has 118 valence electrons. The Hall–Kier alpha value is -0.755. The Labute approximate surface area is 134 Å². The summed E-state index contributed by atoms with van der Waals surface area (Å²) in [7, 11) is 5.56. The third-order valence-corrected chi connectivity index (χ3v) is 4.92. The molecule has 0 amide bonds. The third-order valence-electron chi connectivity index (χ3n) is 3.12. The average molecular weight is 354 g/mol. The summed E-state index contributed by atoms with van der Waals surface area (Å²) >= 11 is 6.35.